The van der Waals surface area contributed by atoms with Gasteiger partial charge in [-0.3, -0.25) is 0 Å². The van der Waals surface area contributed by atoms with Crippen molar-refractivity contribution in [1.82, 2.24) is 5.32 Å². The van der Waals surface area contributed by atoms with Gasteiger partial charge in [0.25, 0.3) is 0 Å². The monoisotopic (exact) mass is 245 g/mol. The second kappa shape index (κ2) is 4.82. The fraction of sp³-hybridized carbons (Fsp3) is 0.600. The lowest BCUT2D eigenvalue weighted by Gasteiger charge is -2.20. The molecule has 0 saturated carbocycles. The number of hydrogen-bond acceptors (Lipinski definition) is 2. The molecule has 74 valence electrons. The van der Waals surface area contributed by atoms with Crippen LogP contribution in [0.1, 0.15) is 32.1 Å². The van der Waals surface area contributed by atoms with E-state index < -0.39 is 0 Å². The van der Waals surface area contributed by atoms with Gasteiger partial charge in [0.2, 0.25) is 0 Å². The first kappa shape index (κ1) is 10.8. The predicted molar refractivity (Wildman–Crippen MR) is 57.7 cm³/mol. The zero-order valence-corrected chi connectivity index (χ0v) is 9.89. The maximum absolute atomic E-state index is 5.43. The zero-order chi connectivity index (χ0) is 9.84. The molecular formula is C10H16BrNO. The minimum absolute atomic E-state index is 0.300. The van der Waals surface area contributed by atoms with E-state index in [9.17, 15) is 0 Å². The third kappa shape index (κ3) is 2.35. The summed E-state index contributed by atoms with van der Waals surface area (Å²) in [5.74, 6) is 1.57. The summed E-state index contributed by atoms with van der Waals surface area (Å²) >= 11 is 3.47. The Balaban J connectivity index is 2.84. The Hall–Kier alpha value is -0.280. The molecule has 2 atom stereocenters. The quantitative estimate of drug-likeness (QED) is 0.881. The third-order valence-electron chi connectivity index (χ3n) is 2.45. The average Bonchev–Trinajstić information content (AvgIpc) is 2.53. The van der Waals surface area contributed by atoms with Crippen LogP contribution in [-0.4, -0.2) is 7.05 Å². The number of rotatable bonds is 4. The van der Waals surface area contributed by atoms with E-state index in [-0.39, 0.29) is 0 Å². The molecule has 2 unspecified atom stereocenters. The molecule has 0 aliphatic heterocycles. The zero-order valence-electron chi connectivity index (χ0n) is 8.30. The van der Waals surface area contributed by atoms with Gasteiger partial charge in [-0.2, -0.15) is 0 Å². The molecule has 1 heterocycles. The van der Waals surface area contributed by atoms with E-state index in [0.29, 0.717) is 12.0 Å². The van der Waals surface area contributed by atoms with Gasteiger partial charge in [-0.25, -0.2) is 0 Å². The SMILES string of the molecule is CCC(C)C(NC)c1occc1Br. The topological polar surface area (TPSA) is 25.2 Å². The summed E-state index contributed by atoms with van der Waals surface area (Å²) in [5, 5.41) is 3.27. The number of furan rings is 1. The highest BCUT2D eigenvalue weighted by Crippen LogP contribution is 2.30. The molecule has 3 heteroatoms. The summed E-state index contributed by atoms with van der Waals surface area (Å²) in [5.41, 5.74) is 0. The van der Waals surface area contributed by atoms with Crippen molar-refractivity contribution in [3.63, 3.8) is 0 Å². The molecule has 0 bridgehead atoms. The Morgan fingerprint density at radius 2 is 2.31 bits per heavy atom. The summed E-state index contributed by atoms with van der Waals surface area (Å²) in [6.07, 6.45) is 2.85. The predicted octanol–water partition coefficient (Wildman–Crippen LogP) is 3.35. The van der Waals surface area contributed by atoms with Crippen LogP contribution in [0.15, 0.2) is 21.2 Å². The van der Waals surface area contributed by atoms with Crippen molar-refractivity contribution in [3.05, 3.63) is 22.6 Å². The van der Waals surface area contributed by atoms with E-state index >= 15 is 0 Å². The van der Waals surface area contributed by atoms with E-state index in [4.69, 9.17) is 4.42 Å². The highest BCUT2D eigenvalue weighted by molar-refractivity contribution is 9.10. The number of hydrogen-bond donors (Lipinski definition) is 1. The van der Waals surface area contributed by atoms with Gasteiger partial charge in [-0.1, -0.05) is 20.3 Å². The van der Waals surface area contributed by atoms with Gasteiger partial charge in [0.05, 0.1) is 16.8 Å². The molecule has 1 aromatic rings. The molecule has 0 saturated heterocycles. The highest BCUT2D eigenvalue weighted by Gasteiger charge is 2.20. The molecule has 0 aromatic carbocycles. The van der Waals surface area contributed by atoms with E-state index in [2.05, 4.69) is 35.1 Å². The maximum Gasteiger partial charge on any atom is 0.135 e. The Bertz CT molecular complexity index is 259. The smallest absolute Gasteiger partial charge is 0.135 e. The van der Waals surface area contributed by atoms with Gasteiger partial charge in [0.1, 0.15) is 5.76 Å². The Morgan fingerprint density at radius 1 is 1.62 bits per heavy atom. The third-order valence-corrected chi connectivity index (χ3v) is 3.11. The second-order valence-electron chi connectivity index (χ2n) is 3.28. The fourth-order valence-corrected chi connectivity index (χ4v) is 1.89. The molecule has 1 N–H and O–H groups in total. The largest absolute Gasteiger partial charge is 0.466 e. The minimum atomic E-state index is 0.300. The van der Waals surface area contributed by atoms with E-state index in [1.165, 1.54) is 0 Å². The van der Waals surface area contributed by atoms with E-state index in [0.717, 1.165) is 16.7 Å². The van der Waals surface area contributed by atoms with Crippen molar-refractivity contribution >= 4 is 15.9 Å². The molecule has 0 radical (unpaired) electrons. The van der Waals surface area contributed by atoms with Crippen LogP contribution in [0.2, 0.25) is 0 Å². The van der Waals surface area contributed by atoms with Crippen molar-refractivity contribution in [2.45, 2.75) is 26.3 Å². The van der Waals surface area contributed by atoms with Crippen molar-refractivity contribution in [1.29, 1.82) is 0 Å². The van der Waals surface area contributed by atoms with Crippen molar-refractivity contribution in [2.75, 3.05) is 7.05 Å². The van der Waals surface area contributed by atoms with E-state index in [1.807, 2.05) is 13.1 Å². The van der Waals surface area contributed by atoms with Gasteiger partial charge >= 0.3 is 0 Å². The summed E-state index contributed by atoms with van der Waals surface area (Å²) in [6, 6.07) is 2.23. The second-order valence-corrected chi connectivity index (χ2v) is 4.14. The summed E-state index contributed by atoms with van der Waals surface area (Å²) < 4.78 is 6.48. The lowest BCUT2D eigenvalue weighted by Crippen LogP contribution is -2.22. The first-order valence-electron chi connectivity index (χ1n) is 4.60. The van der Waals surface area contributed by atoms with Crippen LogP contribution < -0.4 is 5.32 Å². The normalized spacial score (nSPS) is 15.7. The molecule has 1 aromatic heterocycles. The maximum atomic E-state index is 5.43. The Labute approximate surface area is 87.8 Å². The molecule has 2 nitrogen and oxygen atoms in total. The van der Waals surface area contributed by atoms with Gasteiger partial charge in [-0.15, -0.1) is 0 Å². The summed E-state index contributed by atoms with van der Waals surface area (Å²) in [4.78, 5) is 0. The highest BCUT2D eigenvalue weighted by atomic mass is 79.9. The van der Waals surface area contributed by atoms with Crippen LogP contribution in [0.4, 0.5) is 0 Å². The molecule has 13 heavy (non-hydrogen) atoms. The molecule has 0 aliphatic rings. The van der Waals surface area contributed by atoms with E-state index in [1.54, 1.807) is 6.26 Å². The summed E-state index contributed by atoms with van der Waals surface area (Å²) in [7, 11) is 1.96. The Morgan fingerprint density at radius 3 is 2.69 bits per heavy atom. The Kier molecular flexibility index (Phi) is 4.00. The molecule has 0 spiro atoms. The van der Waals surface area contributed by atoms with Crippen LogP contribution in [-0.2, 0) is 0 Å². The first-order chi connectivity index (χ1) is 6.20. The van der Waals surface area contributed by atoms with Crippen LogP contribution in [0, 0.1) is 5.92 Å². The van der Waals surface area contributed by atoms with Gasteiger partial charge in [0.15, 0.2) is 0 Å². The van der Waals surface area contributed by atoms with Gasteiger partial charge < -0.3 is 9.73 Å². The van der Waals surface area contributed by atoms with Gasteiger partial charge in [-0.05, 0) is 35.0 Å². The lowest BCUT2D eigenvalue weighted by atomic mass is 9.97. The van der Waals surface area contributed by atoms with Crippen molar-refractivity contribution < 1.29 is 4.42 Å². The van der Waals surface area contributed by atoms with Crippen LogP contribution >= 0.6 is 15.9 Å². The standard InChI is InChI=1S/C10H16BrNO/c1-4-7(2)9(12-3)10-8(11)5-6-13-10/h5-7,9,12H,4H2,1-3H3. The summed E-state index contributed by atoms with van der Waals surface area (Å²) in [6.45, 7) is 4.40. The lowest BCUT2D eigenvalue weighted by molar-refractivity contribution is 0.333. The van der Waals surface area contributed by atoms with Crippen LogP contribution in [0.25, 0.3) is 0 Å². The first-order valence-corrected chi connectivity index (χ1v) is 5.40. The average molecular weight is 246 g/mol. The number of halogens is 1. The van der Waals surface area contributed by atoms with Crippen LogP contribution in [0.3, 0.4) is 0 Å². The molecule has 0 aliphatic carbocycles. The van der Waals surface area contributed by atoms with Gasteiger partial charge in [0, 0.05) is 0 Å². The van der Waals surface area contributed by atoms with Crippen LogP contribution in [0.5, 0.6) is 0 Å². The molecule has 1 rings (SSSR count). The van der Waals surface area contributed by atoms with Crippen molar-refractivity contribution in [3.8, 4) is 0 Å². The molecule has 0 fully saturated rings. The molecular weight excluding hydrogens is 230 g/mol. The van der Waals surface area contributed by atoms with Crippen molar-refractivity contribution in [2.24, 2.45) is 5.92 Å². The molecule has 0 amide bonds. The number of nitrogens with one attached hydrogen (secondary N) is 1. The minimum Gasteiger partial charge on any atom is -0.466 e. The fourth-order valence-electron chi connectivity index (χ4n) is 1.44.